The van der Waals surface area contributed by atoms with Crippen LogP contribution in [0.15, 0.2) is 42.5 Å². The van der Waals surface area contributed by atoms with Crippen LogP contribution >= 0.6 is 0 Å². The van der Waals surface area contributed by atoms with Gasteiger partial charge in [-0.25, -0.2) is 0 Å². The molecule has 0 unspecified atom stereocenters. The number of nitriles is 1. The summed E-state index contributed by atoms with van der Waals surface area (Å²) in [5.74, 6) is 0.718. The fourth-order valence-corrected chi connectivity index (χ4v) is 2.51. The van der Waals surface area contributed by atoms with E-state index in [4.69, 9.17) is 10.00 Å². The molecule has 0 fully saturated rings. The molecule has 25 heavy (non-hydrogen) atoms. The number of hydrogen-bond acceptors (Lipinski definition) is 4. The minimum absolute atomic E-state index is 0.0983. The minimum atomic E-state index is -0.319. The highest BCUT2D eigenvalue weighted by Crippen LogP contribution is 2.22. The summed E-state index contributed by atoms with van der Waals surface area (Å²) in [5.41, 5.74) is 3.44. The lowest BCUT2D eigenvalue weighted by Crippen LogP contribution is -2.39. The topological polar surface area (TPSA) is 65.4 Å². The van der Waals surface area contributed by atoms with E-state index in [1.165, 1.54) is 0 Å². The van der Waals surface area contributed by atoms with E-state index in [2.05, 4.69) is 17.5 Å². The monoisotopic (exact) mass is 337 g/mol. The molecule has 0 bridgehead atoms. The standard InChI is InChI=1S/C20H23N3O2/c1-14-5-10-19(25-4)17(11-14)13-23(3)15(2)20(24)22-18-8-6-16(12-21)7-9-18/h5-11,15H,13H2,1-4H3,(H,22,24)/t15-/m0/s1. The van der Waals surface area contributed by atoms with Gasteiger partial charge in [-0.3, -0.25) is 9.69 Å². The maximum Gasteiger partial charge on any atom is 0.241 e. The number of likely N-dealkylation sites (N-methyl/N-ethyl adjacent to an activating group) is 1. The molecule has 2 rings (SSSR count). The van der Waals surface area contributed by atoms with Gasteiger partial charge in [0, 0.05) is 17.8 Å². The van der Waals surface area contributed by atoms with Gasteiger partial charge in [0.1, 0.15) is 5.75 Å². The summed E-state index contributed by atoms with van der Waals surface area (Å²) in [6.45, 7) is 4.50. The molecule has 0 heterocycles. The van der Waals surface area contributed by atoms with E-state index in [0.29, 0.717) is 17.8 Å². The van der Waals surface area contributed by atoms with Crippen LogP contribution in [0, 0.1) is 18.3 Å². The molecule has 5 nitrogen and oxygen atoms in total. The number of benzene rings is 2. The van der Waals surface area contributed by atoms with Gasteiger partial charge in [0.25, 0.3) is 0 Å². The Bertz CT molecular complexity index is 779. The van der Waals surface area contributed by atoms with Crippen molar-refractivity contribution in [1.82, 2.24) is 4.90 Å². The van der Waals surface area contributed by atoms with Crippen molar-refractivity contribution in [3.05, 3.63) is 59.2 Å². The molecule has 0 aliphatic rings. The third-order valence-corrected chi connectivity index (χ3v) is 4.18. The summed E-state index contributed by atoms with van der Waals surface area (Å²) < 4.78 is 5.41. The number of nitrogens with zero attached hydrogens (tertiary/aromatic N) is 2. The first-order chi connectivity index (χ1) is 11.9. The second kappa shape index (κ2) is 8.32. The maximum atomic E-state index is 12.5. The van der Waals surface area contributed by atoms with E-state index < -0.39 is 0 Å². The lowest BCUT2D eigenvalue weighted by atomic mass is 10.1. The second-order valence-electron chi connectivity index (χ2n) is 6.08. The van der Waals surface area contributed by atoms with E-state index in [1.807, 2.05) is 37.9 Å². The lowest BCUT2D eigenvalue weighted by Gasteiger charge is -2.25. The van der Waals surface area contributed by atoms with Crippen molar-refractivity contribution in [1.29, 1.82) is 5.26 Å². The van der Waals surface area contributed by atoms with Crippen LogP contribution in [-0.4, -0.2) is 31.0 Å². The summed E-state index contributed by atoms with van der Waals surface area (Å²) in [6.07, 6.45) is 0. The van der Waals surface area contributed by atoms with Crippen LogP contribution in [0.4, 0.5) is 5.69 Å². The number of anilines is 1. The number of carbonyl (C=O) groups excluding carboxylic acids is 1. The minimum Gasteiger partial charge on any atom is -0.496 e. The Labute approximate surface area is 148 Å². The van der Waals surface area contributed by atoms with Gasteiger partial charge in [0.2, 0.25) is 5.91 Å². The molecule has 0 radical (unpaired) electrons. The summed E-state index contributed by atoms with van der Waals surface area (Å²) in [7, 11) is 3.56. The number of amides is 1. The van der Waals surface area contributed by atoms with E-state index in [-0.39, 0.29) is 11.9 Å². The van der Waals surface area contributed by atoms with Crippen LogP contribution in [-0.2, 0) is 11.3 Å². The third-order valence-electron chi connectivity index (χ3n) is 4.18. The molecule has 1 amide bonds. The Hall–Kier alpha value is -2.84. The van der Waals surface area contributed by atoms with E-state index in [1.54, 1.807) is 31.4 Å². The van der Waals surface area contributed by atoms with Gasteiger partial charge in [-0.15, -0.1) is 0 Å². The summed E-state index contributed by atoms with van der Waals surface area (Å²) >= 11 is 0. The number of methoxy groups -OCH3 is 1. The molecule has 0 aromatic heterocycles. The highest BCUT2D eigenvalue weighted by atomic mass is 16.5. The summed E-state index contributed by atoms with van der Waals surface area (Å²) in [6, 6.07) is 14.6. The highest BCUT2D eigenvalue weighted by molar-refractivity contribution is 5.94. The molecule has 2 aromatic carbocycles. The first-order valence-electron chi connectivity index (χ1n) is 8.09. The van der Waals surface area contributed by atoms with E-state index in [9.17, 15) is 4.79 Å². The quantitative estimate of drug-likeness (QED) is 0.878. The van der Waals surface area contributed by atoms with Gasteiger partial charge in [0.05, 0.1) is 24.8 Å². The first-order valence-corrected chi connectivity index (χ1v) is 8.09. The van der Waals surface area contributed by atoms with Crippen molar-refractivity contribution >= 4 is 11.6 Å². The Balaban J connectivity index is 2.03. The Morgan fingerprint density at radius 3 is 2.56 bits per heavy atom. The van der Waals surface area contributed by atoms with Crippen molar-refractivity contribution in [3.63, 3.8) is 0 Å². The molecule has 130 valence electrons. The molecule has 0 saturated carbocycles. The summed E-state index contributed by atoms with van der Waals surface area (Å²) in [4.78, 5) is 14.4. The van der Waals surface area contributed by atoms with E-state index in [0.717, 1.165) is 16.9 Å². The lowest BCUT2D eigenvalue weighted by molar-refractivity contribution is -0.120. The molecular formula is C20H23N3O2. The van der Waals surface area contributed by atoms with Crippen LogP contribution < -0.4 is 10.1 Å². The molecule has 0 aliphatic carbocycles. The van der Waals surface area contributed by atoms with E-state index >= 15 is 0 Å². The smallest absolute Gasteiger partial charge is 0.241 e. The molecule has 0 saturated heterocycles. The first kappa shape index (κ1) is 18.5. The zero-order chi connectivity index (χ0) is 18.4. The van der Waals surface area contributed by atoms with Gasteiger partial charge >= 0.3 is 0 Å². The largest absolute Gasteiger partial charge is 0.496 e. The molecule has 0 spiro atoms. The molecule has 1 N–H and O–H groups in total. The highest BCUT2D eigenvalue weighted by Gasteiger charge is 2.19. The van der Waals surface area contributed by atoms with Crippen LogP contribution in [0.25, 0.3) is 0 Å². The van der Waals surface area contributed by atoms with Gasteiger partial charge in [0.15, 0.2) is 0 Å². The molecule has 0 aliphatic heterocycles. The average molecular weight is 337 g/mol. The number of nitrogens with one attached hydrogen (secondary N) is 1. The van der Waals surface area contributed by atoms with Crippen molar-refractivity contribution in [2.45, 2.75) is 26.4 Å². The SMILES string of the molecule is COc1ccc(C)cc1CN(C)[C@@H](C)C(=O)Nc1ccc(C#N)cc1. The Morgan fingerprint density at radius 1 is 1.28 bits per heavy atom. The number of hydrogen-bond donors (Lipinski definition) is 1. The second-order valence-corrected chi connectivity index (χ2v) is 6.08. The normalized spacial score (nSPS) is 11.7. The van der Waals surface area contributed by atoms with Crippen molar-refractivity contribution in [3.8, 4) is 11.8 Å². The van der Waals surface area contributed by atoms with Crippen molar-refractivity contribution in [2.75, 3.05) is 19.5 Å². The third kappa shape index (κ3) is 4.82. The zero-order valence-corrected chi connectivity index (χ0v) is 15.0. The van der Waals surface area contributed by atoms with Crippen molar-refractivity contribution in [2.24, 2.45) is 0 Å². The predicted molar refractivity (Wildman–Crippen MR) is 98.4 cm³/mol. The number of rotatable bonds is 6. The molecule has 5 heteroatoms. The van der Waals surface area contributed by atoms with Gasteiger partial charge in [-0.05, 0) is 51.2 Å². The fraction of sp³-hybridized carbons (Fsp3) is 0.300. The Morgan fingerprint density at radius 2 is 1.96 bits per heavy atom. The maximum absolute atomic E-state index is 12.5. The average Bonchev–Trinajstić information content (AvgIpc) is 2.61. The number of carbonyl (C=O) groups is 1. The Kier molecular flexibility index (Phi) is 6.15. The van der Waals surface area contributed by atoms with Crippen molar-refractivity contribution < 1.29 is 9.53 Å². The summed E-state index contributed by atoms with van der Waals surface area (Å²) in [5, 5.41) is 11.7. The van der Waals surface area contributed by atoms with Crippen LogP contribution in [0.2, 0.25) is 0 Å². The fourth-order valence-electron chi connectivity index (χ4n) is 2.51. The molecular weight excluding hydrogens is 314 g/mol. The van der Waals surface area contributed by atoms with Gasteiger partial charge < -0.3 is 10.1 Å². The number of ether oxygens (including phenoxy) is 1. The van der Waals surface area contributed by atoms with Gasteiger partial charge in [-0.1, -0.05) is 17.7 Å². The molecule has 1 atom stereocenters. The van der Waals surface area contributed by atoms with Crippen LogP contribution in [0.1, 0.15) is 23.6 Å². The number of aryl methyl sites for hydroxylation is 1. The molecule has 2 aromatic rings. The zero-order valence-electron chi connectivity index (χ0n) is 15.0. The predicted octanol–water partition coefficient (Wildman–Crippen LogP) is 3.33. The van der Waals surface area contributed by atoms with Crippen LogP contribution in [0.3, 0.4) is 0 Å². The van der Waals surface area contributed by atoms with Gasteiger partial charge in [-0.2, -0.15) is 5.26 Å². The van der Waals surface area contributed by atoms with Crippen LogP contribution in [0.5, 0.6) is 5.75 Å².